The van der Waals surface area contributed by atoms with Crippen LogP contribution in [0.1, 0.15) is 13.3 Å². The minimum absolute atomic E-state index is 0.990. The largest absolute Gasteiger partial charge is 0.384 e. The van der Waals surface area contributed by atoms with Crippen molar-refractivity contribution in [2.24, 2.45) is 0 Å². The van der Waals surface area contributed by atoms with E-state index in [0.29, 0.717) is 0 Å². The molecule has 0 spiro atoms. The summed E-state index contributed by atoms with van der Waals surface area (Å²) in [5.41, 5.74) is 1.20. The third-order valence-electron chi connectivity index (χ3n) is 1.83. The second-order valence-electron chi connectivity index (χ2n) is 3.04. The molecule has 2 N–H and O–H groups in total. The Kier molecular flexibility index (Phi) is 5.02. The second kappa shape index (κ2) is 6.49. The van der Waals surface area contributed by atoms with Gasteiger partial charge in [0.2, 0.25) is 0 Å². The highest BCUT2D eigenvalue weighted by Gasteiger charge is 1.87. The van der Waals surface area contributed by atoms with E-state index in [-0.39, 0.29) is 0 Å². The van der Waals surface area contributed by atoms with Gasteiger partial charge >= 0.3 is 0 Å². The van der Waals surface area contributed by atoms with Crippen LogP contribution in [0.2, 0.25) is 0 Å². The van der Waals surface area contributed by atoms with Crippen LogP contribution in [0.15, 0.2) is 30.3 Å². The molecule has 1 rings (SSSR count). The lowest BCUT2D eigenvalue weighted by Gasteiger charge is -2.06. The number of rotatable bonds is 6. The number of nitrogens with one attached hydrogen (secondary N) is 2. The van der Waals surface area contributed by atoms with Gasteiger partial charge in [-0.2, -0.15) is 0 Å². The summed E-state index contributed by atoms with van der Waals surface area (Å²) in [6.07, 6.45) is 1.20. The molecule has 0 aliphatic heterocycles. The zero-order chi connectivity index (χ0) is 9.36. The predicted octanol–water partition coefficient (Wildman–Crippen LogP) is 2.10. The van der Waals surface area contributed by atoms with Crippen LogP contribution in [-0.2, 0) is 0 Å². The van der Waals surface area contributed by atoms with Crippen LogP contribution in [0.25, 0.3) is 0 Å². The molecule has 1 aromatic carbocycles. The van der Waals surface area contributed by atoms with Crippen LogP contribution < -0.4 is 10.6 Å². The molecule has 0 amide bonds. The van der Waals surface area contributed by atoms with Crippen molar-refractivity contribution >= 4 is 5.69 Å². The molecule has 72 valence electrons. The van der Waals surface area contributed by atoms with Gasteiger partial charge in [-0.3, -0.25) is 0 Å². The second-order valence-corrected chi connectivity index (χ2v) is 3.04. The Morgan fingerprint density at radius 1 is 1.00 bits per heavy atom. The number of hydrogen-bond donors (Lipinski definition) is 2. The van der Waals surface area contributed by atoms with Gasteiger partial charge < -0.3 is 10.6 Å². The van der Waals surface area contributed by atoms with Crippen LogP contribution in [-0.4, -0.2) is 19.6 Å². The number of hydrogen-bond acceptors (Lipinski definition) is 2. The van der Waals surface area contributed by atoms with Crippen molar-refractivity contribution in [2.75, 3.05) is 25.0 Å². The molecular formula is C11H18N2. The third-order valence-corrected chi connectivity index (χ3v) is 1.83. The first-order valence-corrected chi connectivity index (χ1v) is 4.93. The standard InChI is InChI=1S/C11H18N2/c1-2-8-12-9-10-13-11-6-4-3-5-7-11/h3-7,12-13H,2,8-10H2,1H3. The molecule has 0 radical (unpaired) electrons. The van der Waals surface area contributed by atoms with E-state index >= 15 is 0 Å². The van der Waals surface area contributed by atoms with Crippen LogP contribution in [0.4, 0.5) is 5.69 Å². The zero-order valence-corrected chi connectivity index (χ0v) is 8.22. The van der Waals surface area contributed by atoms with Gasteiger partial charge in [0, 0.05) is 18.8 Å². The van der Waals surface area contributed by atoms with Crippen LogP contribution in [0, 0.1) is 0 Å². The molecule has 0 saturated heterocycles. The molecule has 13 heavy (non-hydrogen) atoms. The molecule has 0 saturated carbocycles. The summed E-state index contributed by atoms with van der Waals surface area (Å²) in [7, 11) is 0. The molecule has 0 atom stereocenters. The number of para-hydroxylation sites is 1. The fourth-order valence-electron chi connectivity index (χ4n) is 1.15. The SMILES string of the molecule is CCCNCCNc1ccccc1. The van der Waals surface area contributed by atoms with Gasteiger partial charge in [-0.15, -0.1) is 0 Å². The van der Waals surface area contributed by atoms with E-state index in [9.17, 15) is 0 Å². The Balaban J connectivity index is 2.07. The lowest BCUT2D eigenvalue weighted by atomic mass is 10.3. The van der Waals surface area contributed by atoms with Crippen LogP contribution >= 0.6 is 0 Å². The highest BCUT2D eigenvalue weighted by atomic mass is 14.9. The third kappa shape index (κ3) is 4.53. The molecule has 0 unspecified atom stereocenters. The summed E-state index contributed by atoms with van der Waals surface area (Å²) in [6.45, 7) is 5.31. The molecule has 0 fully saturated rings. The van der Waals surface area contributed by atoms with Crippen molar-refractivity contribution in [3.05, 3.63) is 30.3 Å². The molecule has 2 heteroatoms. The van der Waals surface area contributed by atoms with Gasteiger partial charge in [0.05, 0.1) is 0 Å². The highest BCUT2D eigenvalue weighted by Crippen LogP contribution is 2.03. The van der Waals surface area contributed by atoms with Crippen molar-refractivity contribution in [3.63, 3.8) is 0 Å². The van der Waals surface area contributed by atoms with Crippen molar-refractivity contribution in [3.8, 4) is 0 Å². The van der Waals surface area contributed by atoms with E-state index in [1.165, 1.54) is 12.1 Å². The van der Waals surface area contributed by atoms with E-state index < -0.39 is 0 Å². The lowest BCUT2D eigenvalue weighted by molar-refractivity contribution is 0.688. The summed E-state index contributed by atoms with van der Waals surface area (Å²) < 4.78 is 0. The van der Waals surface area contributed by atoms with Gasteiger partial charge in [0.15, 0.2) is 0 Å². The first kappa shape index (κ1) is 10.1. The Labute approximate surface area is 80.4 Å². The topological polar surface area (TPSA) is 24.1 Å². The lowest BCUT2D eigenvalue weighted by Crippen LogP contribution is -2.22. The Morgan fingerprint density at radius 2 is 1.77 bits per heavy atom. The smallest absolute Gasteiger partial charge is 0.0340 e. The van der Waals surface area contributed by atoms with Gasteiger partial charge in [0.25, 0.3) is 0 Å². The van der Waals surface area contributed by atoms with Gasteiger partial charge in [-0.1, -0.05) is 25.1 Å². The van der Waals surface area contributed by atoms with Crippen LogP contribution in [0.3, 0.4) is 0 Å². The molecule has 0 aromatic heterocycles. The summed E-state index contributed by atoms with van der Waals surface area (Å²) in [4.78, 5) is 0. The maximum absolute atomic E-state index is 3.34. The summed E-state index contributed by atoms with van der Waals surface area (Å²) in [5.74, 6) is 0. The average molecular weight is 178 g/mol. The minimum atomic E-state index is 0.990. The van der Waals surface area contributed by atoms with E-state index in [2.05, 4.69) is 29.7 Å². The van der Waals surface area contributed by atoms with E-state index in [1.807, 2.05) is 18.2 Å². The Morgan fingerprint density at radius 3 is 2.46 bits per heavy atom. The zero-order valence-electron chi connectivity index (χ0n) is 8.22. The van der Waals surface area contributed by atoms with E-state index in [0.717, 1.165) is 19.6 Å². The summed E-state index contributed by atoms with van der Waals surface area (Å²) in [6, 6.07) is 10.3. The highest BCUT2D eigenvalue weighted by molar-refractivity contribution is 5.42. The van der Waals surface area contributed by atoms with E-state index in [4.69, 9.17) is 0 Å². The maximum Gasteiger partial charge on any atom is 0.0340 e. The molecule has 1 aromatic rings. The van der Waals surface area contributed by atoms with Gasteiger partial charge in [-0.25, -0.2) is 0 Å². The molecule has 0 bridgehead atoms. The van der Waals surface area contributed by atoms with Gasteiger partial charge in [-0.05, 0) is 25.1 Å². The van der Waals surface area contributed by atoms with Crippen molar-refractivity contribution in [2.45, 2.75) is 13.3 Å². The normalized spacial score (nSPS) is 9.92. The quantitative estimate of drug-likeness (QED) is 0.652. The Bertz CT molecular complexity index is 209. The molecular weight excluding hydrogens is 160 g/mol. The number of benzene rings is 1. The molecule has 0 aliphatic rings. The maximum atomic E-state index is 3.34. The predicted molar refractivity (Wildman–Crippen MR) is 58.1 cm³/mol. The summed E-state index contributed by atoms with van der Waals surface area (Å²) >= 11 is 0. The molecule has 0 aliphatic carbocycles. The van der Waals surface area contributed by atoms with Gasteiger partial charge in [0.1, 0.15) is 0 Å². The fraction of sp³-hybridized carbons (Fsp3) is 0.455. The molecule has 2 nitrogen and oxygen atoms in total. The summed E-state index contributed by atoms with van der Waals surface area (Å²) in [5, 5.41) is 6.68. The molecule has 0 heterocycles. The minimum Gasteiger partial charge on any atom is -0.384 e. The van der Waals surface area contributed by atoms with Crippen molar-refractivity contribution < 1.29 is 0 Å². The van der Waals surface area contributed by atoms with E-state index in [1.54, 1.807) is 0 Å². The van der Waals surface area contributed by atoms with Crippen molar-refractivity contribution in [1.29, 1.82) is 0 Å². The first-order chi connectivity index (χ1) is 6.43. The Hall–Kier alpha value is -1.02. The fourth-order valence-corrected chi connectivity index (χ4v) is 1.15. The van der Waals surface area contributed by atoms with Crippen molar-refractivity contribution in [1.82, 2.24) is 5.32 Å². The monoisotopic (exact) mass is 178 g/mol. The number of anilines is 1. The first-order valence-electron chi connectivity index (χ1n) is 4.93. The average Bonchev–Trinajstić information content (AvgIpc) is 2.19. The van der Waals surface area contributed by atoms with Crippen LogP contribution in [0.5, 0.6) is 0 Å².